The summed E-state index contributed by atoms with van der Waals surface area (Å²) in [5, 5.41) is 13.6. The standard InChI is InChI=1S/C12H18N2O2/c1-10(2)4-3-7-13-12(15)11-5-8-14(16)9-6-11/h5-6,8-10H,3-4,7H2,1-2H3,(H,13,15). The molecule has 16 heavy (non-hydrogen) atoms. The summed E-state index contributed by atoms with van der Waals surface area (Å²) < 4.78 is 0.662. The Morgan fingerprint density at radius 3 is 2.62 bits per heavy atom. The Hall–Kier alpha value is -1.58. The summed E-state index contributed by atoms with van der Waals surface area (Å²) >= 11 is 0. The van der Waals surface area contributed by atoms with Crippen molar-refractivity contribution in [3.8, 4) is 0 Å². The number of aromatic nitrogens is 1. The molecule has 1 aromatic heterocycles. The molecule has 1 rings (SSSR count). The molecule has 0 atom stereocenters. The second-order valence-electron chi connectivity index (χ2n) is 4.24. The summed E-state index contributed by atoms with van der Waals surface area (Å²) in [5.41, 5.74) is 0.525. The molecule has 0 aliphatic carbocycles. The second kappa shape index (κ2) is 6.10. The van der Waals surface area contributed by atoms with Gasteiger partial charge in [-0.25, -0.2) is 0 Å². The Labute approximate surface area is 95.9 Å². The van der Waals surface area contributed by atoms with E-state index in [1.165, 1.54) is 24.5 Å². The van der Waals surface area contributed by atoms with Crippen LogP contribution in [0.4, 0.5) is 0 Å². The minimum Gasteiger partial charge on any atom is -0.619 e. The number of amides is 1. The van der Waals surface area contributed by atoms with Crippen molar-refractivity contribution in [1.82, 2.24) is 5.32 Å². The molecule has 0 unspecified atom stereocenters. The van der Waals surface area contributed by atoms with E-state index in [2.05, 4.69) is 19.2 Å². The summed E-state index contributed by atoms with van der Waals surface area (Å²) in [7, 11) is 0. The van der Waals surface area contributed by atoms with E-state index < -0.39 is 0 Å². The monoisotopic (exact) mass is 222 g/mol. The van der Waals surface area contributed by atoms with Crippen molar-refractivity contribution in [2.24, 2.45) is 5.92 Å². The molecular weight excluding hydrogens is 204 g/mol. The van der Waals surface area contributed by atoms with Crippen LogP contribution in [0.1, 0.15) is 37.0 Å². The lowest BCUT2D eigenvalue weighted by atomic mass is 10.1. The molecule has 88 valence electrons. The van der Waals surface area contributed by atoms with E-state index in [0.29, 0.717) is 22.8 Å². The maximum atomic E-state index is 11.6. The molecule has 0 spiro atoms. The third kappa shape index (κ3) is 4.29. The lowest BCUT2D eigenvalue weighted by Crippen LogP contribution is -2.28. The van der Waals surface area contributed by atoms with E-state index in [4.69, 9.17) is 0 Å². The second-order valence-corrected chi connectivity index (χ2v) is 4.24. The first-order valence-electron chi connectivity index (χ1n) is 5.56. The van der Waals surface area contributed by atoms with Gasteiger partial charge in [-0.15, -0.1) is 0 Å². The number of carbonyl (C=O) groups excluding carboxylic acids is 1. The van der Waals surface area contributed by atoms with E-state index in [0.717, 1.165) is 12.8 Å². The number of nitrogens with zero attached hydrogens (tertiary/aromatic N) is 1. The van der Waals surface area contributed by atoms with Gasteiger partial charge in [-0.2, -0.15) is 4.73 Å². The van der Waals surface area contributed by atoms with Gasteiger partial charge in [-0.3, -0.25) is 4.79 Å². The molecule has 0 bridgehead atoms. The summed E-state index contributed by atoms with van der Waals surface area (Å²) in [6, 6.07) is 3.04. The molecular formula is C12H18N2O2. The molecule has 0 aromatic carbocycles. The Kier molecular flexibility index (Phi) is 4.76. The first-order chi connectivity index (χ1) is 7.59. The highest BCUT2D eigenvalue weighted by Gasteiger charge is 2.05. The lowest BCUT2D eigenvalue weighted by molar-refractivity contribution is -0.605. The Bertz CT molecular complexity index is 333. The number of carbonyl (C=O) groups is 1. The van der Waals surface area contributed by atoms with Crippen LogP contribution in [0.15, 0.2) is 24.5 Å². The molecule has 4 heteroatoms. The third-order valence-electron chi connectivity index (χ3n) is 2.31. The van der Waals surface area contributed by atoms with E-state index in [1.54, 1.807) is 0 Å². The highest BCUT2D eigenvalue weighted by atomic mass is 16.5. The average Bonchev–Trinajstić information content (AvgIpc) is 2.25. The topological polar surface area (TPSA) is 56.0 Å². The van der Waals surface area contributed by atoms with Gasteiger partial charge in [0.25, 0.3) is 5.91 Å². The van der Waals surface area contributed by atoms with Crippen molar-refractivity contribution in [3.63, 3.8) is 0 Å². The number of nitrogens with one attached hydrogen (secondary N) is 1. The van der Waals surface area contributed by atoms with Gasteiger partial charge < -0.3 is 10.5 Å². The Morgan fingerprint density at radius 1 is 1.44 bits per heavy atom. The molecule has 1 aromatic rings. The van der Waals surface area contributed by atoms with E-state index in [9.17, 15) is 10.0 Å². The average molecular weight is 222 g/mol. The number of pyridine rings is 1. The number of rotatable bonds is 5. The van der Waals surface area contributed by atoms with Crippen molar-refractivity contribution in [3.05, 3.63) is 35.3 Å². The van der Waals surface area contributed by atoms with Crippen molar-refractivity contribution in [2.45, 2.75) is 26.7 Å². The maximum absolute atomic E-state index is 11.6. The van der Waals surface area contributed by atoms with Crippen LogP contribution in [0.2, 0.25) is 0 Å². The number of hydrogen-bond acceptors (Lipinski definition) is 2. The van der Waals surface area contributed by atoms with Gasteiger partial charge in [0.2, 0.25) is 0 Å². The van der Waals surface area contributed by atoms with E-state index >= 15 is 0 Å². The zero-order chi connectivity index (χ0) is 12.0. The summed E-state index contributed by atoms with van der Waals surface area (Å²) in [6.45, 7) is 5.00. The fraction of sp³-hybridized carbons (Fsp3) is 0.500. The molecule has 0 radical (unpaired) electrons. The highest BCUT2D eigenvalue weighted by Crippen LogP contribution is 2.02. The quantitative estimate of drug-likeness (QED) is 0.466. The van der Waals surface area contributed by atoms with Gasteiger partial charge in [0, 0.05) is 18.7 Å². The molecule has 0 saturated carbocycles. The molecule has 1 heterocycles. The third-order valence-corrected chi connectivity index (χ3v) is 2.31. The van der Waals surface area contributed by atoms with Crippen molar-refractivity contribution >= 4 is 5.91 Å². The Morgan fingerprint density at radius 2 is 2.06 bits per heavy atom. The van der Waals surface area contributed by atoms with Gasteiger partial charge >= 0.3 is 0 Å². The summed E-state index contributed by atoms with van der Waals surface area (Å²) in [4.78, 5) is 11.6. The van der Waals surface area contributed by atoms with Gasteiger partial charge in [-0.1, -0.05) is 13.8 Å². The van der Waals surface area contributed by atoms with E-state index in [1.807, 2.05) is 0 Å². The fourth-order valence-electron chi connectivity index (χ4n) is 1.38. The van der Waals surface area contributed by atoms with Gasteiger partial charge in [0.1, 0.15) is 0 Å². The molecule has 0 aliphatic rings. The molecule has 1 amide bonds. The van der Waals surface area contributed by atoms with Crippen LogP contribution in [0.25, 0.3) is 0 Å². The van der Waals surface area contributed by atoms with Crippen LogP contribution in [0.3, 0.4) is 0 Å². The minimum atomic E-state index is -0.121. The van der Waals surface area contributed by atoms with Gasteiger partial charge in [-0.05, 0) is 18.8 Å². The van der Waals surface area contributed by atoms with Crippen molar-refractivity contribution < 1.29 is 9.52 Å². The smallest absolute Gasteiger partial charge is 0.251 e. The SMILES string of the molecule is CC(C)CCCNC(=O)c1cc[n+]([O-])cc1. The van der Waals surface area contributed by atoms with Gasteiger partial charge in [0.15, 0.2) is 12.4 Å². The Balaban J connectivity index is 2.32. The van der Waals surface area contributed by atoms with Crippen LogP contribution in [0, 0.1) is 11.1 Å². The first kappa shape index (κ1) is 12.5. The highest BCUT2D eigenvalue weighted by molar-refractivity contribution is 5.93. The minimum absolute atomic E-state index is 0.121. The van der Waals surface area contributed by atoms with Crippen LogP contribution in [-0.2, 0) is 0 Å². The molecule has 4 nitrogen and oxygen atoms in total. The van der Waals surface area contributed by atoms with E-state index in [-0.39, 0.29) is 5.91 Å². The van der Waals surface area contributed by atoms with Crippen LogP contribution in [-0.4, -0.2) is 12.5 Å². The van der Waals surface area contributed by atoms with Gasteiger partial charge in [0.05, 0.1) is 5.56 Å². The fourth-order valence-corrected chi connectivity index (χ4v) is 1.38. The molecule has 0 fully saturated rings. The van der Waals surface area contributed by atoms with Crippen molar-refractivity contribution in [1.29, 1.82) is 0 Å². The number of hydrogen-bond donors (Lipinski definition) is 1. The summed E-state index contributed by atoms with van der Waals surface area (Å²) in [6.07, 6.45) is 4.74. The predicted molar refractivity (Wildman–Crippen MR) is 61.8 cm³/mol. The largest absolute Gasteiger partial charge is 0.619 e. The zero-order valence-electron chi connectivity index (χ0n) is 9.77. The van der Waals surface area contributed by atoms with Crippen molar-refractivity contribution in [2.75, 3.05) is 6.54 Å². The lowest BCUT2D eigenvalue weighted by Gasteiger charge is -2.06. The molecule has 0 aliphatic heterocycles. The van der Waals surface area contributed by atoms with Crippen LogP contribution < -0.4 is 10.0 Å². The predicted octanol–water partition coefficient (Wildman–Crippen LogP) is 1.49. The normalized spacial score (nSPS) is 10.4. The zero-order valence-corrected chi connectivity index (χ0v) is 9.77. The summed E-state index contributed by atoms with van der Waals surface area (Å²) in [5.74, 6) is 0.539. The van der Waals surface area contributed by atoms with Crippen LogP contribution >= 0.6 is 0 Å². The molecule has 0 saturated heterocycles. The van der Waals surface area contributed by atoms with Crippen LogP contribution in [0.5, 0.6) is 0 Å². The maximum Gasteiger partial charge on any atom is 0.251 e. The molecule has 1 N–H and O–H groups in total. The first-order valence-corrected chi connectivity index (χ1v) is 5.56.